The van der Waals surface area contributed by atoms with E-state index in [9.17, 15) is 9.59 Å². The quantitative estimate of drug-likeness (QED) is 0.741. The van der Waals surface area contributed by atoms with Crippen LogP contribution in [0.2, 0.25) is 0 Å². The van der Waals surface area contributed by atoms with Gasteiger partial charge in [-0.3, -0.25) is 9.36 Å². The van der Waals surface area contributed by atoms with Gasteiger partial charge in [-0.2, -0.15) is 10.2 Å². The number of carbonyl (C=O) groups excluding carboxylic acids is 1. The molecule has 1 unspecified atom stereocenters. The number of rotatable bonds is 3. The van der Waals surface area contributed by atoms with Crippen molar-refractivity contribution in [2.45, 2.75) is 31.8 Å². The molecule has 2 N–H and O–H groups in total. The molecule has 3 heterocycles. The summed E-state index contributed by atoms with van der Waals surface area (Å²) in [7, 11) is 0. The normalized spacial score (nSPS) is 16.9. The lowest BCUT2D eigenvalue weighted by Crippen LogP contribution is -2.36. The molecule has 8 heteroatoms. The summed E-state index contributed by atoms with van der Waals surface area (Å²) in [6.45, 7) is 0.552. The minimum atomic E-state index is -0.189. The highest BCUT2D eigenvalue weighted by atomic mass is 16.2. The largest absolute Gasteiger partial charge is 0.349 e. The van der Waals surface area contributed by atoms with Crippen molar-refractivity contribution in [2.24, 2.45) is 0 Å². The van der Waals surface area contributed by atoms with Crippen molar-refractivity contribution < 1.29 is 4.79 Å². The number of fused-ring (bicyclic) bond motifs is 1. The molecule has 0 spiro atoms. The Kier molecular flexibility index (Phi) is 3.93. The highest BCUT2D eigenvalue weighted by molar-refractivity contribution is 5.97. The van der Waals surface area contributed by atoms with Crippen LogP contribution >= 0.6 is 0 Å². The minimum Gasteiger partial charge on any atom is -0.349 e. The van der Waals surface area contributed by atoms with Gasteiger partial charge in [0.1, 0.15) is 5.82 Å². The van der Waals surface area contributed by atoms with E-state index in [4.69, 9.17) is 0 Å². The van der Waals surface area contributed by atoms with Crippen molar-refractivity contribution in [3.63, 3.8) is 0 Å². The lowest BCUT2D eigenvalue weighted by Gasteiger charge is -2.17. The van der Waals surface area contributed by atoms with Crippen LogP contribution < -0.4 is 11.0 Å². The zero-order valence-corrected chi connectivity index (χ0v) is 13.6. The number of nitrogens with one attached hydrogen (secondary N) is 2. The first-order chi connectivity index (χ1) is 12.2. The lowest BCUT2D eigenvalue weighted by atomic mass is 10.1. The zero-order chi connectivity index (χ0) is 17.2. The van der Waals surface area contributed by atoms with Crippen LogP contribution in [-0.2, 0) is 13.0 Å². The first kappa shape index (κ1) is 15.4. The van der Waals surface area contributed by atoms with Crippen molar-refractivity contribution in [1.82, 2.24) is 29.9 Å². The van der Waals surface area contributed by atoms with E-state index in [0.29, 0.717) is 24.9 Å². The van der Waals surface area contributed by atoms with Crippen LogP contribution in [0.3, 0.4) is 0 Å². The number of H-pyrrole nitrogens is 1. The predicted octanol–water partition coefficient (Wildman–Crippen LogP) is 0.892. The molecule has 3 aromatic rings. The van der Waals surface area contributed by atoms with Gasteiger partial charge in [0, 0.05) is 31.4 Å². The van der Waals surface area contributed by atoms with Crippen molar-refractivity contribution in [1.29, 1.82) is 0 Å². The van der Waals surface area contributed by atoms with Gasteiger partial charge in [0.15, 0.2) is 0 Å². The molecule has 0 fully saturated rings. The van der Waals surface area contributed by atoms with Gasteiger partial charge in [0.05, 0.1) is 11.3 Å². The molecule has 8 nitrogen and oxygen atoms in total. The van der Waals surface area contributed by atoms with Gasteiger partial charge in [0.25, 0.3) is 5.91 Å². The van der Waals surface area contributed by atoms with Crippen molar-refractivity contribution in [2.75, 3.05) is 0 Å². The number of para-hydroxylation sites is 1. The van der Waals surface area contributed by atoms with Gasteiger partial charge in [-0.05, 0) is 31.0 Å². The predicted molar refractivity (Wildman–Crippen MR) is 90.6 cm³/mol. The fourth-order valence-electron chi connectivity index (χ4n) is 3.19. The molecule has 4 rings (SSSR count). The molecule has 1 aromatic carbocycles. The molecule has 0 aliphatic carbocycles. The number of benzene rings is 1. The molecule has 1 amide bonds. The molecule has 0 saturated carbocycles. The third kappa shape index (κ3) is 2.98. The summed E-state index contributed by atoms with van der Waals surface area (Å²) in [6.07, 6.45) is 5.59. The summed E-state index contributed by atoms with van der Waals surface area (Å²) in [4.78, 5) is 24.5. The molecular weight excluding hydrogens is 320 g/mol. The smallest absolute Gasteiger partial charge is 0.343 e. The number of hydrogen-bond donors (Lipinski definition) is 2. The second-order valence-corrected chi connectivity index (χ2v) is 6.06. The number of aryl methyl sites for hydroxylation is 1. The van der Waals surface area contributed by atoms with Crippen molar-refractivity contribution in [3.05, 3.63) is 64.6 Å². The standard InChI is InChI=1S/C17H18N6O2/c24-16(13-4-1-2-5-14(13)23-10-3-9-18-23)19-12-6-7-15-20-21-17(25)22(15)11-8-12/h1-5,9-10,12H,6-8,11H2,(H,19,24)(H,21,25). The van der Waals surface area contributed by atoms with Crippen LogP contribution in [0.5, 0.6) is 0 Å². The van der Waals surface area contributed by atoms with Gasteiger partial charge in [-0.1, -0.05) is 12.1 Å². The Labute approximate surface area is 143 Å². The van der Waals surface area contributed by atoms with Gasteiger partial charge < -0.3 is 5.32 Å². The summed E-state index contributed by atoms with van der Waals surface area (Å²) < 4.78 is 3.32. The number of hydrogen-bond acceptors (Lipinski definition) is 4. The zero-order valence-electron chi connectivity index (χ0n) is 13.6. The van der Waals surface area contributed by atoms with Crippen LogP contribution in [0.25, 0.3) is 5.69 Å². The maximum Gasteiger partial charge on any atom is 0.343 e. The summed E-state index contributed by atoms with van der Waals surface area (Å²) in [5.41, 5.74) is 1.13. The molecular formula is C17H18N6O2. The Balaban J connectivity index is 1.51. The highest BCUT2D eigenvalue weighted by Crippen LogP contribution is 2.16. The molecule has 0 radical (unpaired) electrons. The van der Waals surface area contributed by atoms with Crippen molar-refractivity contribution >= 4 is 5.91 Å². The Hall–Kier alpha value is -3.16. The molecule has 0 saturated heterocycles. The third-order valence-electron chi connectivity index (χ3n) is 4.49. The second kappa shape index (κ2) is 6.39. The monoisotopic (exact) mass is 338 g/mol. The van der Waals surface area contributed by atoms with Gasteiger partial charge in [-0.25, -0.2) is 14.6 Å². The second-order valence-electron chi connectivity index (χ2n) is 6.06. The molecule has 25 heavy (non-hydrogen) atoms. The van der Waals surface area contributed by atoms with Gasteiger partial charge >= 0.3 is 5.69 Å². The Morgan fingerprint density at radius 1 is 1.24 bits per heavy atom. The van der Waals surface area contributed by atoms with E-state index in [1.807, 2.05) is 30.5 Å². The van der Waals surface area contributed by atoms with Gasteiger partial charge in [-0.15, -0.1) is 0 Å². The number of amides is 1. The van der Waals surface area contributed by atoms with E-state index >= 15 is 0 Å². The molecule has 0 bridgehead atoms. The first-order valence-electron chi connectivity index (χ1n) is 8.26. The maximum absolute atomic E-state index is 12.8. The van der Waals surface area contributed by atoms with E-state index < -0.39 is 0 Å². The molecule has 1 aliphatic heterocycles. The van der Waals surface area contributed by atoms with Crippen LogP contribution in [0.1, 0.15) is 29.0 Å². The van der Waals surface area contributed by atoms with Crippen LogP contribution in [-0.4, -0.2) is 36.5 Å². The fraction of sp³-hybridized carbons (Fsp3) is 0.294. The minimum absolute atomic E-state index is 0.000669. The summed E-state index contributed by atoms with van der Waals surface area (Å²) in [5, 5.41) is 13.8. The maximum atomic E-state index is 12.8. The SMILES string of the molecule is O=C(NC1CCc2n[nH]c(=O)n2CC1)c1ccccc1-n1cccn1. The number of aromatic nitrogens is 5. The third-order valence-corrected chi connectivity index (χ3v) is 4.49. The summed E-state index contributed by atoms with van der Waals surface area (Å²) >= 11 is 0. The first-order valence-corrected chi connectivity index (χ1v) is 8.26. The van der Waals surface area contributed by atoms with Crippen LogP contribution in [0, 0.1) is 0 Å². The summed E-state index contributed by atoms with van der Waals surface area (Å²) in [5.74, 6) is 0.614. The van der Waals surface area contributed by atoms with Crippen LogP contribution in [0.15, 0.2) is 47.5 Å². The Morgan fingerprint density at radius 2 is 2.12 bits per heavy atom. The highest BCUT2D eigenvalue weighted by Gasteiger charge is 2.22. The fourth-order valence-corrected chi connectivity index (χ4v) is 3.19. The lowest BCUT2D eigenvalue weighted by molar-refractivity contribution is 0.0932. The Bertz CT molecular complexity index is 940. The van der Waals surface area contributed by atoms with Crippen molar-refractivity contribution in [3.8, 4) is 5.69 Å². The van der Waals surface area contributed by atoms with Gasteiger partial charge in [0.2, 0.25) is 0 Å². The number of nitrogens with zero attached hydrogens (tertiary/aromatic N) is 4. The average Bonchev–Trinajstić information content (AvgIpc) is 3.23. The number of carbonyl (C=O) groups is 1. The van der Waals surface area contributed by atoms with E-state index in [1.54, 1.807) is 21.5 Å². The number of aromatic amines is 1. The molecule has 1 aliphatic rings. The molecule has 2 aromatic heterocycles. The van der Waals surface area contributed by atoms with Crippen LogP contribution in [0.4, 0.5) is 0 Å². The average molecular weight is 338 g/mol. The van der Waals surface area contributed by atoms with E-state index in [2.05, 4.69) is 20.6 Å². The topological polar surface area (TPSA) is 97.6 Å². The Morgan fingerprint density at radius 3 is 2.96 bits per heavy atom. The molecule has 1 atom stereocenters. The summed E-state index contributed by atoms with van der Waals surface area (Å²) in [6, 6.07) is 9.19. The molecule has 128 valence electrons. The van der Waals surface area contributed by atoms with E-state index in [-0.39, 0.29) is 17.6 Å². The van der Waals surface area contributed by atoms with E-state index in [0.717, 1.165) is 17.9 Å². The van der Waals surface area contributed by atoms with E-state index in [1.165, 1.54) is 0 Å².